The number of aliphatic hydroxyl groups excluding tert-OH is 1. The molecular weight excluding hydrogens is 228 g/mol. The zero-order chi connectivity index (χ0) is 11.5. The Morgan fingerprint density at radius 2 is 2.31 bits per heavy atom. The average molecular weight is 240 g/mol. The third-order valence-electron chi connectivity index (χ3n) is 2.34. The molecule has 0 amide bonds. The number of hydrogen-bond acceptors (Lipinski definition) is 5. The first-order valence-electron chi connectivity index (χ1n) is 4.96. The van der Waals surface area contributed by atoms with Crippen molar-refractivity contribution in [1.29, 1.82) is 0 Å². The van der Waals surface area contributed by atoms with Gasteiger partial charge in [0.25, 0.3) is 0 Å². The third kappa shape index (κ3) is 2.10. The van der Waals surface area contributed by atoms with Gasteiger partial charge in [-0.2, -0.15) is 0 Å². The lowest BCUT2D eigenvalue weighted by atomic mass is 10.1. The highest BCUT2D eigenvalue weighted by molar-refractivity contribution is 7.16. The summed E-state index contributed by atoms with van der Waals surface area (Å²) in [7, 11) is 1.59. The van der Waals surface area contributed by atoms with E-state index in [0.29, 0.717) is 18.4 Å². The van der Waals surface area contributed by atoms with Crippen LogP contribution in [0.15, 0.2) is 21.3 Å². The van der Waals surface area contributed by atoms with Crippen molar-refractivity contribution in [3.63, 3.8) is 0 Å². The molecule has 1 aromatic heterocycles. The number of benzene rings is 1. The van der Waals surface area contributed by atoms with Crippen molar-refractivity contribution in [2.45, 2.75) is 12.8 Å². The molecule has 0 aliphatic rings. The predicted octanol–water partition coefficient (Wildman–Crippen LogP) is 1.79. The fraction of sp³-hybridized carbons (Fsp3) is 0.364. The summed E-state index contributed by atoms with van der Waals surface area (Å²) in [5.41, 5.74) is 1.54. The summed E-state index contributed by atoms with van der Waals surface area (Å²) in [6.45, 7) is 0.134. The normalized spacial score (nSPS) is 10.9. The van der Waals surface area contributed by atoms with Crippen LogP contribution in [-0.2, 0) is 6.42 Å². The maximum Gasteiger partial charge on any atom is 0.396 e. The molecule has 86 valence electrons. The van der Waals surface area contributed by atoms with E-state index in [2.05, 4.69) is 0 Å². The molecule has 1 heterocycles. The topological polar surface area (TPSA) is 59.7 Å². The van der Waals surface area contributed by atoms with Crippen molar-refractivity contribution in [1.82, 2.24) is 0 Å². The molecular formula is C11H12O4S. The number of aliphatic hydroxyl groups is 1. The lowest BCUT2D eigenvalue weighted by Crippen LogP contribution is -1.94. The predicted molar refractivity (Wildman–Crippen MR) is 62.3 cm³/mol. The molecule has 16 heavy (non-hydrogen) atoms. The minimum Gasteiger partial charge on any atom is -0.496 e. The van der Waals surface area contributed by atoms with Crippen LogP contribution in [0.5, 0.6) is 5.75 Å². The number of rotatable bonds is 4. The highest BCUT2D eigenvalue weighted by atomic mass is 32.1. The van der Waals surface area contributed by atoms with Crippen LogP contribution in [0.3, 0.4) is 0 Å². The standard InChI is InChI=1S/C11H12O4S/c1-14-8-6-10-9(15-11(13)16-10)5-7(8)3-2-4-12/h5-6,12H,2-4H2,1H3. The van der Waals surface area contributed by atoms with Crippen molar-refractivity contribution >= 4 is 21.6 Å². The number of hydrogen-bond donors (Lipinski definition) is 1. The van der Waals surface area contributed by atoms with Crippen LogP contribution in [0.4, 0.5) is 0 Å². The average Bonchev–Trinajstić information content (AvgIpc) is 2.63. The van der Waals surface area contributed by atoms with Gasteiger partial charge in [-0.05, 0) is 24.5 Å². The molecule has 5 heteroatoms. The van der Waals surface area contributed by atoms with E-state index in [1.807, 2.05) is 6.07 Å². The van der Waals surface area contributed by atoms with Gasteiger partial charge in [-0.15, -0.1) is 0 Å². The summed E-state index contributed by atoms with van der Waals surface area (Å²) in [6, 6.07) is 3.61. The van der Waals surface area contributed by atoms with E-state index in [1.165, 1.54) is 0 Å². The Kier molecular flexibility index (Phi) is 3.26. The number of ether oxygens (including phenoxy) is 1. The quantitative estimate of drug-likeness (QED) is 0.885. The van der Waals surface area contributed by atoms with Crippen LogP contribution in [0.1, 0.15) is 12.0 Å². The molecule has 1 aromatic carbocycles. The summed E-state index contributed by atoms with van der Waals surface area (Å²) < 4.78 is 11.1. The van der Waals surface area contributed by atoms with Gasteiger partial charge in [0.15, 0.2) is 0 Å². The van der Waals surface area contributed by atoms with Gasteiger partial charge in [0.1, 0.15) is 11.3 Å². The first-order chi connectivity index (χ1) is 7.74. The van der Waals surface area contributed by atoms with Crippen molar-refractivity contribution in [3.05, 3.63) is 27.4 Å². The molecule has 1 N–H and O–H groups in total. The smallest absolute Gasteiger partial charge is 0.396 e. The molecule has 0 saturated heterocycles. The summed E-state index contributed by atoms with van der Waals surface area (Å²) in [4.78, 5) is 10.8. The van der Waals surface area contributed by atoms with Crippen LogP contribution in [0.2, 0.25) is 0 Å². The van der Waals surface area contributed by atoms with Crippen molar-refractivity contribution in [3.8, 4) is 5.75 Å². The fourth-order valence-electron chi connectivity index (χ4n) is 1.60. The Morgan fingerprint density at radius 1 is 1.50 bits per heavy atom. The van der Waals surface area contributed by atoms with Gasteiger partial charge in [0.2, 0.25) is 0 Å². The largest absolute Gasteiger partial charge is 0.496 e. The molecule has 0 fully saturated rings. The second-order valence-corrected chi connectivity index (χ2v) is 4.37. The molecule has 4 nitrogen and oxygen atoms in total. The fourth-order valence-corrected chi connectivity index (χ4v) is 2.28. The van der Waals surface area contributed by atoms with Crippen molar-refractivity contribution in [2.75, 3.05) is 13.7 Å². The van der Waals surface area contributed by atoms with E-state index < -0.39 is 0 Å². The Morgan fingerprint density at radius 3 is 3.00 bits per heavy atom. The molecule has 0 aliphatic heterocycles. The van der Waals surface area contributed by atoms with Crippen LogP contribution in [-0.4, -0.2) is 18.8 Å². The van der Waals surface area contributed by atoms with Crippen LogP contribution >= 0.6 is 11.3 Å². The van der Waals surface area contributed by atoms with Gasteiger partial charge in [-0.3, -0.25) is 0 Å². The van der Waals surface area contributed by atoms with Crippen LogP contribution in [0, 0.1) is 0 Å². The lowest BCUT2D eigenvalue weighted by molar-refractivity contribution is 0.287. The molecule has 0 bridgehead atoms. The number of aryl methyl sites for hydroxylation is 1. The van der Waals surface area contributed by atoms with Crippen LogP contribution < -0.4 is 9.68 Å². The Hall–Kier alpha value is -1.33. The molecule has 0 radical (unpaired) electrons. The number of fused-ring (bicyclic) bond motifs is 1. The zero-order valence-electron chi connectivity index (χ0n) is 8.86. The van der Waals surface area contributed by atoms with E-state index in [0.717, 1.165) is 27.3 Å². The second kappa shape index (κ2) is 4.67. The van der Waals surface area contributed by atoms with E-state index in [-0.39, 0.29) is 11.5 Å². The van der Waals surface area contributed by atoms with E-state index >= 15 is 0 Å². The summed E-state index contributed by atoms with van der Waals surface area (Å²) in [6.07, 6.45) is 1.37. The van der Waals surface area contributed by atoms with Gasteiger partial charge < -0.3 is 14.3 Å². The van der Waals surface area contributed by atoms with Gasteiger partial charge >= 0.3 is 4.94 Å². The Bertz CT molecular complexity index is 540. The molecule has 0 unspecified atom stereocenters. The molecule has 2 rings (SSSR count). The van der Waals surface area contributed by atoms with Crippen molar-refractivity contribution in [2.24, 2.45) is 0 Å². The monoisotopic (exact) mass is 240 g/mol. The van der Waals surface area contributed by atoms with Gasteiger partial charge in [-0.1, -0.05) is 11.3 Å². The SMILES string of the molecule is COc1cc2sc(=O)oc2cc1CCCO. The Balaban J connectivity index is 2.48. The maximum absolute atomic E-state index is 11.1. The third-order valence-corrected chi connectivity index (χ3v) is 3.13. The molecule has 0 spiro atoms. The van der Waals surface area contributed by atoms with E-state index in [4.69, 9.17) is 14.3 Å². The highest BCUT2D eigenvalue weighted by Gasteiger charge is 2.09. The minimum atomic E-state index is -0.309. The van der Waals surface area contributed by atoms with Gasteiger partial charge in [0, 0.05) is 12.7 Å². The zero-order valence-corrected chi connectivity index (χ0v) is 9.67. The van der Waals surface area contributed by atoms with E-state index in [1.54, 1.807) is 13.2 Å². The first-order valence-corrected chi connectivity index (χ1v) is 5.77. The Labute approximate surface area is 96.1 Å². The minimum absolute atomic E-state index is 0.134. The summed E-state index contributed by atoms with van der Waals surface area (Å²) in [5, 5.41) is 8.80. The maximum atomic E-state index is 11.1. The van der Waals surface area contributed by atoms with Gasteiger partial charge in [-0.25, -0.2) is 4.79 Å². The molecule has 2 aromatic rings. The summed E-state index contributed by atoms with van der Waals surface area (Å²) >= 11 is 1.06. The second-order valence-electron chi connectivity index (χ2n) is 3.39. The number of methoxy groups -OCH3 is 1. The van der Waals surface area contributed by atoms with Gasteiger partial charge in [0.05, 0.1) is 11.8 Å². The molecule has 0 saturated carbocycles. The van der Waals surface area contributed by atoms with E-state index in [9.17, 15) is 4.79 Å². The molecule has 0 aliphatic carbocycles. The lowest BCUT2D eigenvalue weighted by Gasteiger charge is -2.07. The highest BCUT2D eigenvalue weighted by Crippen LogP contribution is 2.28. The first kappa shape index (κ1) is 11.2. The summed E-state index contributed by atoms with van der Waals surface area (Å²) in [5.74, 6) is 0.734. The van der Waals surface area contributed by atoms with Crippen molar-refractivity contribution < 1.29 is 14.3 Å². The van der Waals surface area contributed by atoms with Crippen LogP contribution in [0.25, 0.3) is 10.3 Å². The molecule has 0 atom stereocenters.